The lowest BCUT2D eigenvalue weighted by Crippen LogP contribution is -2.35. The average Bonchev–Trinajstić information content (AvgIpc) is 2.60. The number of nitrogens with two attached hydrogens (primary N) is 1. The summed E-state index contributed by atoms with van der Waals surface area (Å²) in [6.07, 6.45) is 0.886. The second-order valence-corrected chi connectivity index (χ2v) is 3.85. The molecule has 82 valence electrons. The first-order valence-electron chi connectivity index (χ1n) is 4.89. The Morgan fingerprint density at radius 2 is 2.27 bits per heavy atom. The van der Waals surface area contributed by atoms with Gasteiger partial charge in [-0.2, -0.15) is 0 Å². The molecule has 1 atom stereocenters. The van der Waals surface area contributed by atoms with Gasteiger partial charge in [-0.05, 0) is 6.42 Å². The summed E-state index contributed by atoms with van der Waals surface area (Å²) in [5.74, 6) is 0.566. The number of hydrogen-bond donors (Lipinski definition) is 2. The van der Waals surface area contributed by atoms with Crippen LogP contribution in [0.4, 0.5) is 5.82 Å². The van der Waals surface area contributed by atoms with Gasteiger partial charge in [0.25, 0.3) is 5.56 Å². The summed E-state index contributed by atoms with van der Waals surface area (Å²) in [5.41, 5.74) is 5.06. The lowest BCUT2D eigenvalue weighted by molar-refractivity contribution is 0.744. The molecular formula is C9H14N4O2. The summed E-state index contributed by atoms with van der Waals surface area (Å²) in [6.45, 7) is 1.47. The van der Waals surface area contributed by atoms with Crippen molar-refractivity contribution in [3.8, 4) is 0 Å². The first-order chi connectivity index (χ1) is 7.08. The molecule has 0 unspecified atom stereocenters. The van der Waals surface area contributed by atoms with Gasteiger partial charge in [-0.25, -0.2) is 4.79 Å². The topological polar surface area (TPSA) is 84.1 Å². The largest absolute Gasteiger partial charge is 0.356 e. The molecule has 3 N–H and O–H groups in total. The summed E-state index contributed by atoms with van der Waals surface area (Å²) >= 11 is 0. The van der Waals surface area contributed by atoms with Crippen molar-refractivity contribution < 1.29 is 0 Å². The van der Waals surface area contributed by atoms with Gasteiger partial charge in [-0.1, -0.05) is 0 Å². The van der Waals surface area contributed by atoms with Crippen molar-refractivity contribution >= 4 is 5.82 Å². The molecule has 1 fully saturated rings. The Balaban J connectivity index is 2.38. The molecule has 6 heteroatoms. The van der Waals surface area contributed by atoms with Crippen LogP contribution in [0.25, 0.3) is 0 Å². The predicted molar refractivity (Wildman–Crippen MR) is 57.1 cm³/mol. The van der Waals surface area contributed by atoms with E-state index in [0.717, 1.165) is 17.5 Å². The molecular weight excluding hydrogens is 196 g/mol. The number of anilines is 1. The monoisotopic (exact) mass is 210 g/mol. The van der Waals surface area contributed by atoms with Gasteiger partial charge in [0, 0.05) is 32.2 Å². The Bertz CT molecular complexity index is 444. The Morgan fingerprint density at radius 3 is 2.80 bits per heavy atom. The standard InChI is InChI=1S/C9H14N4O2/c1-12-8(14)4-7(11-9(12)15)13-3-2-6(10)5-13/h4,6H,2-3,5,10H2,1H3,(H,11,15)/t6-/m0/s1. The molecule has 6 nitrogen and oxygen atoms in total. The zero-order valence-corrected chi connectivity index (χ0v) is 8.56. The average molecular weight is 210 g/mol. The lowest BCUT2D eigenvalue weighted by Gasteiger charge is -2.16. The number of aromatic amines is 1. The van der Waals surface area contributed by atoms with Crippen molar-refractivity contribution in [2.24, 2.45) is 12.8 Å². The Hall–Kier alpha value is -1.56. The van der Waals surface area contributed by atoms with Crippen molar-refractivity contribution in [3.05, 3.63) is 26.9 Å². The highest BCUT2D eigenvalue weighted by Crippen LogP contribution is 2.13. The van der Waals surface area contributed by atoms with Crippen LogP contribution in [0, 0.1) is 0 Å². The first-order valence-corrected chi connectivity index (χ1v) is 4.89. The van der Waals surface area contributed by atoms with E-state index in [9.17, 15) is 9.59 Å². The van der Waals surface area contributed by atoms with Crippen molar-refractivity contribution in [2.45, 2.75) is 12.5 Å². The molecule has 15 heavy (non-hydrogen) atoms. The third kappa shape index (κ3) is 1.80. The minimum absolute atomic E-state index is 0.123. The molecule has 0 aliphatic carbocycles. The predicted octanol–water partition coefficient (Wildman–Crippen LogP) is -1.39. The van der Waals surface area contributed by atoms with E-state index in [1.54, 1.807) is 0 Å². The van der Waals surface area contributed by atoms with Crippen LogP contribution in [0.5, 0.6) is 0 Å². The van der Waals surface area contributed by atoms with Gasteiger partial charge in [-0.15, -0.1) is 0 Å². The maximum absolute atomic E-state index is 11.4. The van der Waals surface area contributed by atoms with Gasteiger partial charge in [-0.3, -0.25) is 14.3 Å². The number of nitrogens with zero attached hydrogens (tertiary/aromatic N) is 2. The van der Waals surface area contributed by atoms with Gasteiger partial charge >= 0.3 is 5.69 Å². The number of nitrogens with one attached hydrogen (secondary N) is 1. The fourth-order valence-corrected chi connectivity index (χ4v) is 1.72. The van der Waals surface area contributed by atoms with Crippen LogP contribution in [0.1, 0.15) is 6.42 Å². The van der Waals surface area contributed by atoms with Crippen LogP contribution < -0.4 is 21.9 Å². The van der Waals surface area contributed by atoms with Gasteiger partial charge < -0.3 is 10.6 Å². The van der Waals surface area contributed by atoms with Crippen LogP contribution in [0.2, 0.25) is 0 Å². The van der Waals surface area contributed by atoms with E-state index < -0.39 is 5.69 Å². The van der Waals surface area contributed by atoms with Gasteiger partial charge in [0.05, 0.1) is 0 Å². The van der Waals surface area contributed by atoms with E-state index in [2.05, 4.69) is 4.98 Å². The normalized spacial score (nSPS) is 20.9. The zero-order valence-electron chi connectivity index (χ0n) is 8.56. The van der Waals surface area contributed by atoms with Gasteiger partial charge in [0.2, 0.25) is 0 Å². The Labute approximate surface area is 86.3 Å². The fourth-order valence-electron chi connectivity index (χ4n) is 1.72. The van der Waals surface area contributed by atoms with Crippen LogP contribution >= 0.6 is 0 Å². The zero-order chi connectivity index (χ0) is 11.0. The third-order valence-corrected chi connectivity index (χ3v) is 2.70. The van der Waals surface area contributed by atoms with E-state index in [4.69, 9.17) is 5.73 Å². The van der Waals surface area contributed by atoms with E-state index >= 15 is 0 Å². The molecule has 1 aromatic rings. The summed E-state index contributed by atoms with van der Waals surface area (Å²) in [4.78, 5) is 27.3. The highest BCUT2D eigenvalue weighted by atomic mass is 16.2. The quantitative estimate of drug-likeness (QED) is 0.598. The van der Waals surface area contributed by atoms with Crippen molar-refractivity contribution in [1.29, 1.82) is 0 Å². The van der Waals surface area contributed by atoms with Crippen LogP contribution in [-0.4, -0.2) is 28.7 Å². The summed E-state index contributed by atoms with van der Waals surface area (Å²) in [7, 11) is 1.45. The SMILES string of the molecule is Cn1c(=O)cc(N2CC[C@H](N)C2)[nH]c1=O. The molecule has 0 saturated carbocycles. The van der Waals surface area contributed by atoms with Crippen molar-refractivity contribution in [2.75, 3.05) is 18.0 Å². The minimum atomic E-state index is -0.391. The Kier molecular flexibility index (Phi) is 2.36. The molecule has 0 amide bonds. The molecule has 0 spiro atoms. The summed E-state index contributed by atoms with van der Waals surface area (Å²) in [5, 5.41) is 0. The van der Waals surface area contributed by atoms with Gasteiger partial charge in [0.1, 0.15) is 5.82 Å². The first kappa shape index (κ1) is 9.97. The second kappa shape index (κ2) is 3.54. The molecule has 1 aromatic heterocycles. The summed E-state index contributed by atoms with van der Waals surface area (Å²) in [6, 6.07) is 1.55. The number of H-pyrrole nitrogens is 1. The maximum atomic E-state index is 11.4. The Morgan fingerprint density at radius 1 is 1.53 bits per heavy atom. The molecule has 0 bridgehead atoms. The third-order valence-electron chi connectivity index (χ3n) is 2.70. The molecule has 1 saturated heterocycles. The second-order valence-electron chi connectivity index (χ2n) is 3.85. The van der Waals surface area contributed by atoms with E-state index in [1.807, 2.05) is 4.90 Å². The fraction of sp³-hybridized carbons (Fsp3) is 0.556. The number of aromatic nitrogens is 2. The van der Waals surface area contributed by atoms with Crippen LogP contribution in [0.15, 0.2) is 15.7 Å². The molecule has 2 rings (SSSR count). The van der Waals surface area contributed by atoms with Crippen LogP contribution in [-0.2, 0) is 7.05 Å². The highest BCUT2D eigenvalue weighted by Gasteiger charge is 2.20. The maximum Gasteiger partial charge on any atom is 0.329 e. The van der Waals surface area contributed by atoms with Crippen molar-refractivity contribution in [1.82, 2.24) is 9.55 Å². The van der Waals surface area contributed by atoms with Crippen LogP contribution in [0.3, 0.4) is 0 Å². The number of rotatable bonds is 1. The van der Waals surface area contributed by atoms with E-state index in [0.29, 0.717) is 12.4 Å². The smallest absolute Gasteiger partial charge is 0.329 e. The lowest BCUT2D eigenvalue weighted by atomic mass is 10.3. The van der Waals surface area contributed by atoms with Crippen molar-refractivity contribution in [3.63, 3.8) is 0 Å². The van der Waals surface area contributed by atoms with E-state index in [1.165, 1.54) is 13.1 Å². The molecule has 1 aliphatic heterocycles. The van der Waals surface area contributed by atoms with Gasteiger partial charge in [0.15, 0.2) is 0 Å². The summed E-state index contributed by atoms with van der Waals surface area (Å²) < 4.78 is 1.04. The molecule has 1 aliphatic rings. The number of hydrogen-bond acceptors (Lipinski definition) is 4. The molecule has 2 heterocycles. The minimum Gasteiger partial charge on any atom is -0.356 e. The van der Waals surface area contributed by atoms with E-state index in [-0.39, 0.29) is 11.6 Å². The molecule has 0 aromatic carbocycles. The highest BCUT2D eigenvalue weighted by molar-refractivity contribution is 5.38. The molecule has 0 radical (unpaired) electrons.